The summed E-state index contributed by atoms with van der Waals surface area (Å²) in [6.07, 6.45) is 0.428. The van der Waals surface area contributed by atoms with Crippen molar-refractivity contribution < 1.29 is 14.7 Å². The lowest BCUT2D eigenvalue weighted by Gasteiger charge is -2.23. The standard InChI is InChI=1S/C11H12N2O3/c14-8-3-1-7(2-4-8)5-9-11(16)12-6-10(15)13-9/h1-4,9,14H,5-6H2,(H,12,16)(H,13,15)/t9-/m0/s1. The minimum Gasteiger partial charge on any atom is -0.508 e. The Bertz CT molecular complexity index is 414. The fourth-order valence-corrected chi connectivity index (χ4v) is 1.61. The average Bonchev–Trinajstić information content (AvgIpc) is 2.27. The summed E-state index contributed by atoms with van der Waals surface area (Å²) in [5.41, 5.74) is 0.889. The molecule has 0 aromatic heterocycles. The van der Waals surface area contributed by atoms with Crippen LogP contribution in [0.25, 0.3) is 0 Å². The van der Waals surface area contributed by atoms with Gasteiger partial charge in [-0.25, -0.2) is 0 Å². The number of nitrogens with one attached hydrogen (secondary N) is 2. The second kappa shape index (κ2) is 4.22. The molecule has 84 valence electrons. The van der Waals surface area contributed by atoms with Crippen molar-refractivity contribution in [2.45, 2.75) is 12.5 Å². The van der Waals surface area contributed by atoms with E-state index in [1.54, 1.807) is 24.3 Å². The minimum atomic E-state index is -0.522. The van der Waals surface area contributed by atoms with Crippen LogP contribution in [-0.4, -0.2) is 29.5 Å². The van der Waals surface area contributed by atoms with E-state index < -0.39 is 6.04 Å². The van der Waals surface area contributed by atoms with Gasteiger partial charge in [-0.2, -0.15) is 0 Å². The molecule has 1 saturated heterocycles. The van der Waals surface area contributed by atoms with Crippen molar-refractivity contribution in [3.05, 3.63) is 29.8 Å². The molecule has 1 heterocycles. The Hall–Kier alpha value is -2.04. The van der Waals surface area contributed by atoms with E-state index in [9.17, 15) is 9.59 Å². The van der Waals surface area contributed by atoms with Crippen LogP contribution in [0.2, 0.25) is 0 Å². The molecular formula is C11H12N2O3. The van der Waals surface area contributed by atoms with E-state index in [1.165, 1.54) is 0 Å². The third-order valence-electron chi connectivity index (χ3n) is 2.45. The molecule has 1 aliphatic heterocycles. The fourth-order valence-electron chi connectivity index (χ4n) is 1.61. The van der Waals surface area contributed by atoms with Gasteiger partial charge in [0, 0.05) is 6.42 Å². The van der Waals surface area contributed by atoms with Crippen LogP contribution in [-0.2, 0) is 16.0 Å². The van der Waals surface area contributed by atoms with Crippen LogP contribution in [0.4, 0.5) is 0 Å². The highest BCUT2D eigenvalue weighted by molar-refractivity contribution is 5.94. The Balaban J connectivity index is 2.05. The molecule has 5 nitrogen and oxygen atoms in total. The molecular weight excluding hydrogens is 208 g/mol. The zero-order chi connectivity index (χ0) is 11.5. The minimum absolute atomic E-state index is 0.0465. The van der Waals surface area contributed by atoms with Crippen LogP contribution in [0.5, 0.6) is 5.75 Å². The maximum atomic E-state index is 11.4. The van der Waals surface area contributed by atoms with Crippen molar-refractivity contribution >= 4 is 11.8 Å². The van der Waals surface area contributed by atoms with Gasteiger partial charge in [0.1, 0.15) is 11.8 Å². The van der Waals surface area contributed by atoms with Crippen molar-refractivity contribution in [3.63, 3.8) is 0 Å². The monoisotopic (exact) mass is 220 g/mol. The summed E-state index contributed by atoms with van der Waals surface area (Å²) in [4.78, 5) is 22.5. The summed E-state index contributed by atoms with van der Waals surface area (Å²) in [6, 6.07) is 6.04. The van der Waals surface area contributed by atoms with Gasteiger partial charge in [0.15, 0.2) is 0 Å². The number of aromatic hydroxyl groups is 1. The van der Waals surface area contributed by atoms with Crippen molar-refractivity contribution in [1.82, 2.24) is 10.6 Å². The number of phenols is 1. The van der Waals surface area contributed by atoms with Gasteiger partial charge in [-0.15, -0.1) is 0 Å². The average molecular weight is 220 g/mol. The van der Waals surface area contributed by atoms with Crippen LogP contribution >= 0.6 is 0 Å². The Morgan fingerprint density at radius 2 is 1.94 bits per heavy atom. The number of piperazine rings is 1. The number of benzene rings is 1. The molecule has 0 saturated carbocycles. The van der Waals surface area contributed by atoms with Crippen LogP contribution < -0.4 is 10.6 Å². The number of rotatable bonds is 2. The van der Waals surface area contributed by atoms with Crippen LogP contribution in [0.15, 0.2) is 24.3 Å². The zero-order valence-corrected chi connectivity index (χ0v) is 8.56. The lowest BCUT2D eigenvalue weighted by Crippen LogP contribution is -2.56. The number of phenolic OH excluding ortho intramolecular Hbond substituents is 1. The summed E-state index contributed by atoms with van der Waals surface area (Å²) in [5.74, 6) is -0.170. The molecule has 1 aromatic carbocycles. The zero-order valence-electron chi connectivity index (χ0n) is 8.56. The van der Waals surface area contributed by atoms with Crippen molar-refractivity contribution in [1.29, 1.82) is 0 Å². The molecule has 0 bridgehead atoms. The molecule has 1 aromatic rings. The first-order valence-corrected chi connectivity index (χ1v) is 5.00. The smallest absolute Gasteiger partial charge is 0.243 e. The van der Waals surface area contributed by atoms with Crippen LogP contribution in [0, 0.1) is 0 Å². The van der Waals surface area contributed by atoms with Crippen molar-refractivity contribution in [3.8, 4) is 5.75 Å². The van der Waals surface area contributed by atoms with Gasteiger partial charge in [-0.05, 0) is 17.7 Å². The number of amides is 2. The van der Waals surface area contributed by atoms with E-state index in [-0.39, 0.29) is 24.1 Å². The summed E-state index contributed by atoms with van der Waals surface area (Å²) >= 11 is 0. The van der Waals surface area contributed by atoms with Crippen LogP contribution in [0.3, 0.4) is 0 Å². The quantitative estimate of drug-likeness (QED) is 0.631. The van der Waals surface area contributed by atoms with E-state index in [0.717, 1.165) is 5.56 Å². The molecule has 5 heteroatoms. The van der Waals surface area contributed by atoms with Gasteiger partial charge < -0.3 is 15.7 Å². The highest BCUT2D eigenvalue weighted by atomic mass is 16.3. The van der Waals surface area contributed by atoms with Crippen molar-refractivity contribution in [2.75, 3.05) is 6.54 Å². The Kier molecular flexibility index (Phi) is 2.76. The number of hydrogen-bond donors (Lipinski definition) is 3. The van der Waals surface area contributed by atoms with Gasteiger partial charge >= 0.3 is 0 Å². The second-order valence-electron chi connectivity index (χ2n) is 3.71. The molecule has 1 atom stereocenters. The van der Waals surface area contributed by atoms with E-state index in [2.05, 4.69) is 10.6 Å². The SMILES string of the molecule is O=C1CNC(=O)[C@H](Cc2ccc(O)cc2)N1. The van der Waals surface area contributed by atoms with Crippen molar-refractivity contribution in [2.24, 2.45) is 0 Å². The molecule has 2 rings (SSSR count). The van der Waals surface area contributed by atoms with E-state index in [0.29, 0.717) is 6.42 Å². The Morgan fingerprint density at radius 3 is 2.62 bits per heavy atom. The summed E-state index contributed by atoms with van der Waals surface area (Å²) in [6.45, 7) is 0.0465. The normalized spacial score (nSPS) is 20.1. The molecule has 3 N–H and O–H groups in total. The molecule has 0 radical (unpaired) electrons. The van der Waals surface area contributed by atoms with Gasteiger partial charge in [0.2, 0.25) is 11.8 Å². The number of carbonyl (C=O) groups is 2. The van der Waals surface area contributed by atoms with Gasteiger partial charge in [-0.1, -0.05) is 12.1 Å². The lowest BCUT2D eigenvalue weighted by molar-refractivity contribution is -0.133. The largest absolute Gasteiger partial charge is 0.508 e. The summed E-state index contributed by atoms with van der Waals surface area (Å²) in [5, 5.41) is 14.2. The van der Waals surface area contributed by atoms with E-state index in [1.807, 2.05) is 0 Å². The van der Waals surface area contributed by atoms with Crippen LogP contribution in [0.1, 0.15) is 5.56 Å². The van der Waals surface area contributed by atoms with Gasteiger partial charge in [0.25, 0.3) is 0 Å². The molecule has 1 aliphatic rings. The molecule has 0 aliphatic carbocycles. The fraction of sp³-hybridized carbons (Fsp3) is 0.273. The highest BCUT2D eigenvalue weighted by Gasteiger charge is 2.25. The second-order valence-corrected chi connectivity index (χ2v) is 3.71. The third-order valence-corrected chi connectivity index (χ3v) is 2.45. The first-order valence-electron chi connectivity index (χ1n) is 5.00. The predicted molar refractivity (Wildman–Crippen MR) is 56.8 cm³/mol. The summed E-state index contributed by atoms with van der Waals surface area (Å²) < 4.78 is 0. The first kappa shape index (κ1) is 10.5. The maximum Gasteiger partial charge on any atom is 0.243 e. The lowest BCUT2D eigenvalue weighted by atomic mass is 10.0. The molecule has 0 spiro atoms. The summed E-state index contributed by atoms with van der Waals surface area (Å²) in [7, 11) is 0. The number of carbonyl (C=O) groups excluding carboxylic acids is 2. The maximum absolute atomic E-state index is 11.4. The molecule has 2 amide bonds. The Morgan fingerprint density at radius 1 is 1.25 bits per heavy atom. The third kappa shape index (κ3) is 2.31. The highest BCUT2D eigenvalue weighted by Crippen LogP contribution is 2.11. The topological polar surface area (TPSA) is 78.4 Å². The van der Waals surface area contributed by atoms with Gasteiger partial charge in [-0.3, -0.25) is 9.59 Å². The first-order chi connectivity index (χ1) is 7.65. The predicted octanol–water partition coefficient (Wildman–Crippen LogP) is -0.451. The number of hydrogen-bond acceptors (Lipinski definition) is 3. The Labute approximate surface area is 92.5 Å². The van der Waals surface area contributed by atoms with Gasteiger partial charge in [0.05, 0.1) is 6.54 Å². The molecule has 0 unspecified atom stereocenters. The van der Waals surface area contributed by atoms with E-state index >= 15 is 0 Å². The van der Waals surface area contributed by atoms with E-state index in [4.69, 9.17) is 5.11 Å². The molecule has 16 heavy (non-hydrogen) atoms. The molecule has 1 fully saturated rings.